The van der Waals surface area contributed by atoms with Crippen molar-refractivity contribution in [2.24, 2.45) is 0 Å². The van der Waals surface area contributed by atoms with Crippen LogP contribution in [0.2, 0.25) is 5.02 Å². The molecule has 2 N–H and O–H groups in total. The molecule has 26 heavy (non-hydrogen) atoms. The zero-order valence-corrected chi connectivity index (χ0v) is 14.7. The Kier molecular flexibility index (Phi) is 5.84. The predicted octanol–water partition coefficient (Wildman–Crippen LogP) is 3.17. The Hall–Kier alpha value is -3.06. The van der Waals surface area contributed by atoms with Gasteiger partial charge in [-0.25, -0.2) is 9.59 Å². The van der Waals surface area contributed by atoms with E-state index in [9.17, 15) is 24.6 Å². The monoisotopic (exact) mass is 377 g/mol. The summed E-state index contributed by atoms with van der Waals surface area (Å²) in [6, 6.07) is 8.59. The average molecular weight is 378 g/mol. The molecule has 0 aromatic heterocycles. The Morgan fingerprint density at radius 2 is 1.69 bits per heavy atom. The van der Waals surface area contributed by atoms with Crippen LogP contribution >= 0.6 is 11.6 Å². The van der Waals surface area contributed by atoms with Crippen LogP contribution in [0.25, 0.3) is 0 Å². The van der Waals surface area contributed by atoms with Gasteiger partial charge in [0.15, 0.2) is 0 Å². The highest BCUT2D eigenvalue weighted by molar-refractivity contribution is 6.30. The van der Waals surface area contributed by atoms with Gasteiger partial charge in [0.05, 0.1) is 18.4 Å². The van der Waals surface area contributed by atoms with E-state index in [0.717, 1.165) is 4.90 Å². The fourth-order valence-corrected chi connectivity index (χ4v) is 2.49. The van der Waals surface area contributed by atoms with Crippen molar-refractivity contribution in [1.29, 1.82) is 0 Å². The van der Waals surface area contributed by atoms with Crippen LogP contribution in [0.5, 0.6) is 5.75 Å². The van der Waals surface area contributed by atoms with Gasteiger partial charge in [-0.1, -0.05) is 11.6 Å². The molecule has 0 aliphatic carbocycles. The van der Waals surface area contributed by atoms with E-state index >= 15 is 0 Å². The van der Waals surface area contributed by atoms with Crippen molar-refractivity contribution in [2.75, 3.05) is 12.0 Å². The lowest BCUT2D eigenvalue weighted by atomic mass is 10.1. The molecule has 0 saturated carbocycles. The molecule has 0 bridgehead atoms. The van der Waals surface area contributed by atoms with Gasteiger partial charge in [-0.15, -0.1) is 0 Å². The van der Waals surface area contributed by atoms with Crippen LogP contribution in [0.1, 0.15) is 27.6 Å². The quantitative estimate of drug-likeness (QED) is 0.801. The van der Waals surface area contributed by atoms with E-state index in [1.807, 2.05) is 0 Å². The van der Waals surface area contributed by atoms with E-state index in [-0.39, 0.29) is 22.6 Å². The number of carbonyl (C=O) groups excluding carboxylic acids is 1. The maximum absolute atomic E-state index is 12.9. The number of amides is 1. The third kappa shape index (κ3) is 3.94. The van der Waals surface area contributed by atoms with Crippen LogP contribution < -0.4 is 9.64 Å². The molecule has 0 saturated heterocycles. The lowest BCUT2D eigenvalue weighted by Crippen LogP contribution is -2.44. The molecule has 7 nitrogen and oxygen atoms in total. The zero-order chi connectivity index (χ0) is 19.4. The van der Waals surface area contributed by atoms with Gasteiger partial charge >= 0.3 is 11.9 Å². The number of carboxylic acids is 2. The number of anilines is 1. The maximum Gasteiger partial charge on any atom is 0.337 e. The van der Waals surface area contributed by atoms with Gasteiger partial charge in [-0.3, -0.25) is 9.69 Å². The van der Waals surface area contributed by atoms with E-state index in [2.05, 4.69) is 0 Å². The van der Waals surface area contributed by atoms with Crippen molar-refractivity contribution in [3.63, 3.8) is 0 Å². The third-order valence-electron chi connectivity index (χ3n) is 3.75. The molecule has 2 aromatic carbocycles. The van der Waals surface area contributed by atoms with Gasteiger partial charge in [0.2, 0.25) is 0 Å². The third-order valence-corrected chi connectivity index (χ3v) is 4.00. The van der Waals surface area contributed by atoms with Gasteiger partial charge in [-0.05, 0) is 49.4 Å². The van der Waals surface area contributed by atoms with Gasteiger partial charge < -0.3 is 14.9 Å². The minimum Gasteiger partial charge on any atom is -0.497 e. The SMILES string of the molecule is COc1ccc(N(C(=O)c2ccc(Cl)cc2)[C@@H](C)C(=O)O)c(C(=O)O)c1. The molecule has 0 unspecified atom stereocenters. The van der Waals surface area contributed by atoms with Crippen LogP contribution in [-0.2, 0) is 4.79 Å². The standard InChI is InChI=1S/C18H16ClNO6/c1-10(17(22)23)20(16(21)11-3-5-12(19)6-4-11)15-8-7-13(26-2)9-14(15)18(24)25/h3-10H,1-2H3,(H,22,23)(H,24,25)/t10-/m0/s1. The molecular weight excluding hydrogens is 362 g/mol. The highest BCUT2D eigenvalue weighted by atomic mass is 35.5. The number of benzene rings is 2. The zero-order valence-electron chi connectivity index (χ0n) is 14.0. The van der Waals surface area contributed by atoms with E-state index in [1.54, 1.807) is 0 Å². The molecule has 1 amide bonds. The van der Waals surface area contributed by atoms with Gasteiger partial charge in [0, 0.05) is 10.6 Å². The number of aliphatic carboxylic acids is 1. The largest absolute Gasteiger partial charge is 0.497 e. The fraction of sp³-hybridized carbons (Fsp3) is 0.167. The summed E-state index contributed by atoms with van der Waals surface area (Å²) in [4.78, 5) is 37.0. The molecule has 0 radical (unpaired) electrons. The molecule has 1 atom stereocenters. The highest BCUT2D eigenvalue weighted by Crippen LogP contribution is 2.29. The Morgan fingerprint density at radius 1 is 1.08 bits per heavy atom. The first-order valence-corrected chi connectivity index (χ1v) is 7.87. The molecular formula is C18H16ClNO6. The molecule has 0 heterocycles. The highest BCUT2D eigenvalue weighted by Gasteiger charge is 2.31. The second-order valence-electron chi connectivity index (χ2n) is 5.38. The van der Waals surface area contributed by atoms with Crippen molar-refractivity contribution < 1.29 is 29.3 Å². The summed E-state index contributed by atoms with van der Waals surface area (Å²) in [5.41, 5.74) is -0.123. The molecule has 2 aromatic rings. The molecule has 2 rings (SSSR count). The number of rotatable bonds is 6. The fourth-order valence-electron chi connectivity index (χ4n) is 2.36. The van der Waals surface area contributed by atoms with Crippen LogP contribution in [0, 0.1) is 0 Å². The normalized spacial score (nSPS) is 11.5. The summed E-state index contributed by atoms with van der Waals surface area (Å²) >= 11 is 5.82. The molecule has 0 aliphatic heterocycles. The number of hydrogen-bond acceptors (Lipinski definition) is 4. The van der Waals surface area contributed by atoms with Crippen molar-refractivity contribution in [2.45, 2.75) is 13.0 Å². The van der Waals surface area contributed by atoms with E-state index in [4.69, 9.17) is 16.3 Å². The van der Waals surface area contributed by atoms with Gasteiger partial charge in [-0.2, -0.15) is 0 Å². The minimum absolute atomic E-state index is 0.0480. The average Bonchev–Trinajstić information content (AvgIpc) is 2.62. The Morgan fingerprint density at radius 3 is 2.19 bits per heavy atom. The van der Waals surface area contributed by atoms with Crippen molar-refractivity contribution in [1.82, 2.24) is 0 Å². The number of carboxylic acid groups (broad SMARTS) is 2. The van der Waals surface area contributed by atoms with Crippen LogP contribution in [0.15, 0.2) is 42.5 Å². The topological polar surface area (TPSA) is 104 Å². The number of ether oxygens (including phenoxy) is 1. The molecule has 136 valence electrons. The molecule has 0 aliphatic rings. The Bertz CT molecular complexity index is 849. The van der Waals surface area contributed by atoms with Crippen molar-refractivity contribution in [3.05, 3.63) is 58.6 Å². The summed E-state index contributed by atoms with van der Waals surface area (Å²) in [7, 11) is 1.37. The molecule has 8 heteroatoms. The summed E-state index contributed by atoms with van der Waals surface area (Å²) in [5, 5.41) is 19.3. The second kappa shape index (κ2) is 7.88. The van der Waals surface area contributed by atoms with Crippen LogP contribution in [0.3, 0.4) is 0 Å². The first-order chi connectivity index (χ1) is 12.3. The van der Waals surface area contributed by atoms with Gasteiger partial charge in [0.1, 0.15) is 11.8 Å². The first kappa shape index (κ1) is 19.3. The number of carbonyl (C=O) groups is 3. The Balaban J connectivity index is 2.62. The lowest BCUT2D eigenvalue weighted by Gasteiger charge is -2.28. The smallest absolute Gasteiger partial charge is 0.337 e. The van der Waals surface area contributed by atoms with Crippen molar-refractivity contribution >= 4 is 35.1 Å². The molecule has 0 spiro atoms. The summed E-state index contributed by atoms with van der Waals surface area (Å²) in [6.45, 7) is 1.30. The minimum atomic E-state index is -1.31. The van der Waals surface area contributed by atoms with E-state index in [1.165, 1.54) is 56.5 Å². The van der Waals surface area contributed by atoms with Crippen molar-refractivity contribution in [3.8, 4) is 5.75 Å². The number of aromatic carboxylic acids is 1. The second-order valence-corrected chi connectivity index (χ2v) is 5.82. The predicted molar refractivity (Wildman–Crippen MR) is 95.3 cm³/mol. The van der Waals surface area contributed by atoms with Crippen LogP contribution in [-0.4, -0.2) is 41.2 Å². The summed E-state index contributed by atoms with van der Waals surface area (Å²) in [6.07, 6.45) is 0. The lowest BCUT2D eigenvalue weighted by molar-refractivity contribution is -0.138. The summed E-state index contributed by atoms with van der Waals surface area (Å²) < 4.78 is 5.01. The number of methoxy groups -OCH3 is 1. The number of nitrogens with zero attached hydrogens (tertiary/aromatic N) is 1. The molecule has 0 fully saturated rings. The maximum atomic E-state index is 12.9. The number of halogens is 1. The van der Waals surface area contributed by atoms with Gasteiger partial charge in [0.25, 0.3) is 5.91 Å². The number of hydrogen-bond donors (Lipinski definition) is 2. The van der Waals surface area contributed by atoms with Crippen LogP contribution in [0.4, 0.5) is 5.69 Å². The first-order valence-electron chi connectivity index (χ1n) is 7.49. The Labute approximate surface area is 154 Å². The van der Waals surface area contributed by atoms with E-state index in [0.29, 0.717) is 5.02 Å². The van der Waals surface area contributed by atoms with E-state index < -0.39 is 23.9 Å². The summed E-state index contributed by atoms with van der Waals surface area (Å²) in [5.74, 6) is -2.98.